The highest BCUT2D eigenvalue weighted by molar-refractivity contribution is 6.33. The number of carbonyl (C=O) groups excluding carboxylic acids is 1. The molecule has 1 aromatic rings. The molecule has 1 rings (SSSR count). The van der Waals surface area contributed by atoms with E-state index >= 15 is 0 Å². The van der Waals surface area contributed by atoms with Crippen LogP contribution in [0.5, 0.6) is 0 Å². The molecule has 1 aromatic carbocycles. The topological polar surface area (TPSA) is 41.1 Å². The lowest BCUT2D eigenvalue weighted by Crippen LogP contribution is -2.32. The second-order valence-electron chi connectivity index (χ2n) is 3.60. The SMILES string of the molecule is CCCNCCNC(=O)c1c(F)cccc1Cl.Cl. The highest BCUT2D eigenvalue weighted by Crippen LogP contribution is 2.18. The fourth-order valence-corrected chi connectivity index (χ4v) is 1.62. The Hall–Kier alpha value is -0.840. The van der Waals surface area contributed by atoms with Crippen LogP contribution in [0.15, 0.2) is 18.2 Å². The molecule has 0 saturated heterocycles. The van der Waals surface area contributed by atoms with Crippen molar-refractivity contribution in [3.63, 3.8) is 0 Å². The summed E-state index contributed by atoms with van der Waals surface area (Å²) in [5.74, 6) is -1.08. The van der Waals surface area contributed by atoms with Gasteiger partial charge in [-0.1, -0.05) is 24.6 Å². The van der Waals surface area contributed by atoms with E-state index in [0.29, 0.717) is 13.1 Å². The van der Waals surface area contributed by atoms with Crippen molar-refractivity contribution in [1.29, 1.82) is 0 Å². The van der Waals surface area contributed by atoms with Crippen molar-refractivity contribution < 1.29 is 9.18 Å². The van der Waals surface area contributed by atoms with Gasteiger partial charge in [-0.2, -0.15) is 0 Å². The second-order valence-corrected chi connectivity index (χ2v) is 4.01. The van der Waals surface area contributed by atoms with Crippen molar-refractivity contribution in [1.82, 2.24) is 10.6 Å². The zero-order valence-electron chi connectivity index (χ0n) is 10.1. The normalized spacial score (nSPS) is 9.72. The number of halogens is 3. The van der Waals surface area contributed by atoms with Crippen LogP contribution in [0.3, 0.4) is 0 Å². The third-order valence-corrected chi connectivity index (χ3v) is 2.52. The molecule has 0 aliphatic heterocycles. The van der Waals surface area contributed by atoms with Crippen LogP contribution < -0.4 is 10.6 Å². The minimum absolute atomic E-state index is 0. The van der Waals surface area contributed by atoms with Gasteiger partial charge in [-0.05, 0) is 25.1 Å². The summed E-state index contributed by atoms with van der Waals surface area (Å²) in [6, 6.07) is 4.18. The zero-order valence-corrected chi connectivity index (χ0v) is 11.7. The fraction of sp³-hybridized carbons (Fsp3) is 0.417. The summed E-state index contributed by atoms with van der Waals surface area (Å²) in [5.41, 5.74) is -0.0929. The molecule has 3 nitrogen and oxygen atoms in total. The van der Waals surface area contributed by atoms with Crippen molar-refractivity contribution in [3.05, 3.63) is 34.6 Å². The third kappa shape index (κ3) is 5.21. The average molecular weight is 295 g/mol. The Labute approximate surface area is 118 Å². The summed E-state index contributed by atoms with van der Waals surface area (Å²) in [4.78, 5) is 11.7. The highest BCUT2D eigenvalue weighted by Gasteiger charge is 2.14. The van der Waals surface area contributed by atoms with Crippen LogP contribution in [-0.4, -0.2) is 25.5 Å². The van der Waals surface area contributed by atoms with Crippen LogP contribution in [-0.2, 0) is 0 Å². The maximum absolute atomic E-state index is 13.4. The van der Waals surface area contributed by atoms with Gasteiger partial charge in [0.2, 0.25) is 0 Å². The summed E-state index contributed by atoms with van der Waals surface area (Å²) in [7, 11) is 0. The van der Waals surface area contributed by atoms with Crippen molar-refractivity contribution in [2.45, 2.75) is 13.3 Å². The van der Waals surface area contributed by atoms with E-state index in [9.17, 15) is 9.18 Å². The summed E-state index contributed by atoms with van der Waals surface area (Å²) >= 11 is 5.77. The number of hydrogen-bond acceptors (Lipinski definition) is 2. The molecule has 0 radical (unpaired) electrons. The molecule has 0 saturated carbocycles. The van der Waals surface area contributed by atoms with Gasteiger partial charge in [0.1, 0.15) is 5.82 Å². The van der Waals surface area contributed by atoms with Crippen LogP contribution >= 0.6 is 24.0 Å². The summed E-state index contributed by atoms with van der Waals surface area (Å²) in [5, 5.41) is 5.87. The molecule has 0 aliphatic carbocycles. The molecule has 6 heteroatoms. The minimum Gasteiger partial charge on any atom is -0.351 e. The van der Waals surface area contributed by atoms with E-state index in [1.54, 1.807) is 0 Å². The molecule has 0 aliphatic rings. The Morgan fingerprint density at radius 1 is 1.33 bits per heavy atom. The molecule has 0 spiro atoms. The molecule has 0 aromatic heterocycles. The van der Waals surface area contributed by atoms with Gasteiger partial charge in [-0.15, -0.1) is 12.4 Å². The molecule has 102 valence electrons. The van der Waals surface area contributed by atoms with Crippen LogP contribution in [0.2, 0.25) is 5.02 Å². The first-order valence-corrected chi connectivity index (χ1v) is 5.97. The maximum Gasteiger partial charge on any atom is 0.255 e. The van der Waals surface area contributed by atoms with E-state index in [0.717, 1.165) is 13.0 Å². The zero-order chi connectivity index (χ0) is 12.7. The fourth-order valence-electron chi connectivity index (χ4n) is 1.37. The van der Waals surface area contributed by atoms with Crippen LogP contribution in [0, 0.1) is 5.82 Å². The molecule has 0 atom stereocenters. The van der Waals surface area contributed by atoms with E-state index < -0.39 is 11.7 Å². The van der Waals surface area contributed by atoms with E-state index in [1.807, 2.05) is 0 Å². The standard InChI is InChI=1S/C12H16ClFN2O.ClH/c1-2-6-15-7-8-16-12(17)11-9(13)4-3-5-10(11)14;/h3-5,15H,2,6-8H2,1H3,(H,16,17);1H. The Morgan fingerprint density at radius 3 is 2.67 bits per heavy atom. The van der Waals surface area contributed by atoms with Gasteiger partial charge in [-0.25, -0.2) is 4.39 Å². The first-order chi connectivity index (χ1) is 8.16. The predicted octanol–water partition coefficient (Wildman–Crippen LogP) is 2.63. The lowest BCUT2D eigenvalue weighted by atomic mass is 10.2. The van der Waals surface area contributed by atoms with Gasteiger partial charge in [0.15, 0.2) is 0 Å². The maximum atomic E-state index is 13.4. The number of benzene rings is 1. The molecular formula is C12H17Cl2FN2O. The summed E-state index contributed by atoms with van der Waals surface area (Å²) in [6.45, 7) is 4.07. The van der Waals surface area contributed by atoms with Crippen LogP contribution in [0.4, 0.5) is 4.39 Å². The first kappa shape index (κ1) is 17.2. The Morgan fingerprint density at radius 2 is 2.06 bits per heavy atom. The van der Waals surface area contributed by atoms with Gasteiger partial charge in [0.25, 0.3) is 5.91 Å². The van der Waals surface area contributed by atoms with Crippen LogP contribution in [0.1, 0.15) is 23.7 Å². The molecule has 0 heterocycles. The van der Waals surface area contributed by atoms with Gasteiger partial charge in [0, 0.05) is 13.1 Å². The largest absolute Gasteiger partial charge is 0.351 e. The first-order valence-electron chi connectivity index (χ1n) is 5.59. The van der Waals surface area contributed by atoms with Crippen molar-refractivity contribution in [2.24, 2.45) is 0 Å². The average Bonchev–Trinajstić information content (AvgIpc) is 2.28. The Balaban J connectivity index is 0.00000289. The second kappa shape index (κ2) is 9.14. The van der Waals surface area contributed by atoms with Crippen LogP contribution in [0.25, 0.3) is 0 Å². The quantitative estimate of drug-likeness (QED) is 0.792. The minimum atomic E-state index is -0.600. The molecule has 0 bridgehead atoms. The lowest BCUT2D eigenvalue weighted by molar-refractivity contribution is 0.0950. The number of rotatable bonds is 6. The van der Waals surface area contributed by atoms with Gasteiger partial charge in [-0.3, -0.25) is 4.79 Å². The molecule has 1 amide bonds. The molecule has 0 fully saturated rings. The van der Waals surface area contributed by atoms with Crippen molar-refractivity contribution in [3.8, 4) is 0 Å². The smallest absolute Gasteiger partial charge is 0.255 e. The Bertz CT molecular complexity index is 368. The summed E-state index contributed by atoms with van der Waals surface area (Å²) in [6.07, 6.45) is 1.03. The van der Waals surface area contributed by atoms with Crippen molar-refractivity contribution >= 4 is 29.9 Å². The molecule has 0 unspecified atom stereocenters. The van der Waals surface area contributed by atoms with E-state index in [-0.39, 0.29) is 23.0 Å². The molecular weight excluding hydrogens is 278 g/mol. The predicted molar refractivity (Wildman–Crippen MR) is 74.2 cm³/mol. The Kier molecular flexibility index (Phi) is 8.71. The van der Waals surface area contributed by atoms with E-state index in [2.05, 4.69) is 17.6 Å². The number of hydrogen-bond donors (Lipinski definition) is 2. The number of nitrogens with one attached hydrogen (secondary N) is 2. The van der Waals surface area contributed by atoms with Gasteiger partial charge < -0.3 is 10.6 Å². The third-order valence-electron chi connectivity index (χ3n) is 2.20. The summed E-state index contributed by atoms with van der Waals surface area (Å²) < 4.78 is 13.4. The monoisotopic (exact) mass is 294 g/mol. The lowest BCUT2D eigenvalue weighted by Gasteiger charge is -2.08. The number of carbonyl (C=O) groups is 1. The molecule has 18 heavy (non-hydrogen) atoms. The van der Waals surface area contributed by atoms with Gasteiger partial charge in [0.05, 0.1) is 10.6 Å². The van der Waals surface area contributed by atoms with Crippen molar-refractivity contribution in [2.75, 3.05) is 19.6 Å². The number of amides is 1. The van der Waals surface area contributed by atoms with Gasteiger partial charge >= 0.3 is 0 Å². The van der Waals surface area contributed by atoms with E-state index in [1.165, 1.54) is 18.2 Å². The molecule has 2 N–H and O–H groups in total. The van der Waals surface area contributed by atoms with E-state index in [4.69, 9.17) is 11.6 Å². The highest BCUT2D eigenvalue weighted by atomic mass is 35.5.